The van der Waals surface area contributed by atoms with E-state index >= 15 is 0 Å². The predicted octanol–water partition coefficient (Wildman–Crippen LogP) is 5.22. The molecule has 3 aromatic rings. The zero-order chi connectivity index (χ0) is 18.5. The first kappa shape index (κ1) is 17.6. The largest absolute Gasteiger partial charge is 0.236 e. The normalized spacial score (nSPS) is 10.9. The fraction of sp³-hybridized carbons (Fsp3) is 0.0455. The van der Waals surface area contributed by atoms with Gasteiger partial charge < -0.3 is 0 Å². The second-order valence-corrected chi connectivity index (χ2v) is 6.10. The van der Waals surface area contributed by atoms with Crippen molar-refractivity contribution >= 4 is 22.5 Å². The van der Waals surface area contributed by atoms with E-state index in [1.165, 1.54) is 0 Å². The molecule has 2 aromatic heterocycles. The van der Waals surface area contributed by atoms with E-state index in [4.69, 9.17) is 11.6 Å². The number of hydrogen-bond acceptors (Lipinski definition) is 3. The molecule has 0 radical (unpaired) electrons. The van der Waals surface area contributed by atoms with Crippen molar-refractivity contribution in [1.82, 2.24) is 15.0 Å². The number of allylic oxidation sites excluding steroid dienone is 4. The molecule has 0 spiro atoms. The van der Waals surface area contributed by atoms with Gasteiger partial charge in [-0.1, -0.05) is 61.0 Å². The molecule has 3 rings (SSSR count). The summed E-state index contributed by atoms with van der Waals surface area (Å²) in [7, 11) is 0. The lowest BCUT2D eigenvalue weighted by Gasteiger charge is -2.04. The van der Waals surface area contributed by atoms with Gasteiger partial charge >= 0.3 is 0 Å². The van der Waals surface area contributed by atoms with E-state index in [1.54, 1.807) is 18.3 Å². The number of benzene rings is 1. The molecule has 0 aliphatic heterocycles. The maximum absolute atomic E-state index is 5.80. The van der Waals surface area contributed by atoms with Gasteiger partial charge in [0.25, 0.3) is 0 Å². The first-order chi connectivity index (χ1) is 12.6. The highest BCUT2D eigenvalue weighted by molar-refractivity contribution is 6.30. The lowest BCUT2D eigenvalue weighted by atomic mass is 10.1. The van der Waals surface area contributed by atoms with Crippen molar-refractivity contribution in [3.05, 3.63) is 89.8 Å². The minimum Gasteiger partial charge on any atom is -0.236 e. The summed E-state index contributed by atoms with van der Waals surface area (Å²) in [5, 5.41) is 1.39. The minimum absolute atomic E-state index is 0.400. The molecule has 0 atom stereocenters. The molecule has 0 unspecified atom stereocenters. The van der Waals surface area contributed by atoms with Crippen LogP contribution in [0.15, 0.2) is 78.5 Å². The number of aryl methyl sites for hydroxylation is 1. The van der Waals surface area contributed by atoms with Gasteiger partial charge in [-0.25, -0.2) is 15.0 Å². The molecule has 0 aliphatic carbocycles. The van der Waals surface area contributed by atoms with E-state index in [0.717, 1.165) is 16.5 Å². The SMILES string of the molecule is C=C/C(C#Cc1nc(-c2ncc3ccccc3n2)ccc1C)=C\C(=C)Cl. The van der Waals surface area contributed by atoms with Crippen LogP contribution in [0.3, 0.4) is 0 Å². The lowest BCUT2D eigenvalue weighted by molar-refractivity contribution is 1.15. The van der Waals surface area contributed by atoms with Crippen LogP contribution >= 0.6 is 11.6 Å². The van der Waals surface area contributed by atoms with E-state index in [0.29, 0.717) is 27.8 Å². The Morgan fingerprint density at radius 1 is 1.15 bits per heavy atom. The van der Waals surface area contributed by atoms with Crippen LogP contribution in [0.4, 0.5) is 0 Å². The van der Waals surface area contributed by atoms with Crippen LogP contribution in [0.2, 0.25) is 0 Å². The first-order valence-corrected chi connectivity index (χ1v) is 8.35. The van der Waals surface area contributed by atoms with E-state index in [1.807, 2.05) is 43.3 Å². The van der Waals surface area contributed by atoms with Gasteiger partial charge in [0.2, 0.25) is 0 Å². The molecule has 0 saturated carbocycles. The number of hydrogen-bond donors (Lipinski definition) is 0. The second kappa shape index (κ2) is 7.77. The summed E-state index contributed by atoms with van der Waals surface area (Å²) in [5.41, 5.74) is 3.86. The highest BCUT2D eigenvalue weighted by Crippen LogP contribution is 2.18. The third-order valence-electron chi connectivity index (χ3n) is 3.67. The lowest BCUT2D eigenvalue weighted by Crippen LogP contribution is -1.96. The first-order valence-electron chi connectivity index (χ1n) is 7.97. The van der Waals surface area contributed by atoms with Gasteiger partial charge in [-0.15, -0.1) is 0 Å². The Morgan fingerprint density at radius 3 is 2.73 bits per heavy atom. The van der Waals surface area contributed by atoms with Crippen LogP contribution < -0.4 is 0 Å². The van der Waals surface area contributed by atoms with Crippen molar-refractivity contribution in [3.63, 3.8) is 0 Å². The summed E-state index contributed by atoms with van der Waals surface area (Å²) >= 11 is 5.80. The van der Waals surface area contributed by atoms with Gasteiger partial charge in [-0.05, 0) is 36.6 Å². The van der Waals surface area contributed by atoms with Gasteiger partial charge in [-0.3, -0.25) is 0 Å². The van der Waals surface area contributed by atoms with E-state index in [2.05, 4.69) is 40.0 Å². The number of para-hydroxylation sites is 1. The molecule has 0 saturated heterocycles. The number of halogens is 1. The van der Waals surface area contributed by atoms with Crippen LogP contribution in [0, 0.1) is 18.8 Å². The second-order valence-electron chi connectivity index (χ2n) is 5.62. The molecule has 126 valence electrons. The van der Waals surface area contributed by atoms with Gasteiger partial charge in [0, 0.05) is 22.2 Å². The van der Waals surface area contributed by atoms with Crippen molar-refractivity contribution < 1.29 is 0 Å². The Balaban J connectivity index is 2.02. The quantitative estimate of drug-likeness (QED) is 0.476. The molecule has 0 fully saturated rings. The Hall–Kier alpha value is -3.22. The van der Waals surface area contributed by atoms with Gasteiger partial charge in [0.1, 0.15) is 11.4 Å². The van der Waals surface area contributed by atoms with Crippen molar-refractivity contribution in [2.24, 2.45) is 0 Å². The van der Waals surface area contributed by atoms with Crippen LogP contribution in [-0.2, 0) is 0 Å². The number of nitrogens with zero attached hydrogens (tertiary/aromatic N) is 3. The standard InChI is InChI=1S/C22H16ClN3/c1-4-17(13-16(3)23)10-12-19-15(2)9-11-21(25-19)22-24-14-18-7-5-6-8-20(18)26-22/h4-9,11,13-14H,1,3H2,2H3/b17-13+. The van der Waals surface area contributed by atoms with Crippen LogP contribution in [-0.4, -0.2) is 15.0 Å². The summed E-state index contributed by atoms with van der Waals surface area (Å²) in [5.74, 6) is 6.64. The van der Waals surface area contributed by atoms with Crippen LogP contribution in [0.25, 0.3) is 22.4 Å². The summed E-state index contributed by atoms with van der Waals surface area (Å²) in [4.78, 5) is 13.6. The Kier molecular flexibility index (Phi) is 5.26. The molecule has 0 bridgehead atoms. The molecular formula is C22H16ClN3. The minimum atomic E-state index is 0.400. The van der Waals surface area contributed by atoms with Crippen LogP contribution in [0.1, 0.15) is 11.3 Å². The van der Waals surface area contributed by atoms with Crippen molar-refractivity contribution in [2.75, 3.05) is 0 Å². The molecular weight excluding hydrogens is 342 g/mol. The molecule has 0 aliphatic rings. The zero-order valence-corrected chi connectivity index (χ0v) is 15.1. The van der Waals surface area contributed by atoms with Crippen molar-refractivity contribution in [1.29, 1.82) is 0 Å². The fourth-order valence-corrected chi connectivity index (χ4v) is 2.44. The van der Waals surface area contributed by atoms with Crippen molar-refractivity contribution in [2.45, 2.75) is 6.92 Å². The highest BCUT2D eigenvalue weighted by Gasteiger charge is 2.07. The van der Waals surface area contributed by atoms with E-state index in [-0.39, 0.29) is 0 Å². The van der Waals surface area contributed by atoms with E-state index in [9.17, 15) is 0 Å². The third-order valence-corrected chi connectivity index (χ3v) is 3.78. The van der Waals surface area contributed by atoms with Gasteiger partial charge in [-0.2, -0.15) is 0 Å². The fourth-order valence-electron chi connectivity index (χ4n) is 2.32. The average Bonchev–Trinajstić information content (AvgIpc) is 2.65. The third kappa shape index (κ3) is 4.05. The van der Waals surface area contributed by atoms with E-state index < -0.39 is 0 Å². The maximum Gasteiger partial charge on any atom is 0.178 e. The number of rotatable bonds is 3. The molecule has 2 heterocycles. The smallest absolute Gasteiger partial charge is 0.178 e. The predicted molar refractivity (Wildman–Crippen MR) is 108 cm³/mol. The monoisotopic (exact) mass is 357 g/mol. The van der Waals surface area contributed by atoms with Crippen LogP contribution in [0.5, 0.6) is 0 Å². The molecule has 4 heteroatoms. The Labute approximate surface area is 157 Å². The summed E-state index contributed by atoms with van der Waals surface area (Å²) in [6, 6.07) is 11.7. The number of pyridine rings is 1. The Morgan fingerprint density at radius 2 is 1.96 bits per heavy atom. The summed E-state index contributed by atoms with van der Waals surface area (Å²) in [6.45, 7) is 9.33. The summed E-state index contributed by atoms with van der Waals surface area (Å²) < 4.78 is 0. The zero-order valence-electron chi connectivity index (χ0n) is 14.3. The molecule has 0 N–H and O–H groups in total. The molecule has 3 nitrogen and oxygen atoms in total. The molecule has 1 aromatic carbocycles. The average molecular weight is 358 g/mol. The number of fused-ring (bicyclic) bond motifs is 1. The summed E-state index contributed by atoms with van der Waals surface area (Å²) in [6.07, 6.45) is 5.09. The highest BCUT2D eigenvalue weighted by atomic mass is 35.5. The van der Waals surface area contributed by atoms with Crippen molar-refractivity contribution in [3.8, 4) is 23.4 Å². The van der Waals surface area contributed by atoms with Gasteiger partial charge in [0.15, 0.2) is 5.82 Å². The maximum atomic E-state index is 5.80. The number of aromatic nitrogens is 3. The molecule has 0 amide bonds. The Bertz CT molecular complexity index is 1100. The molecule has 26 heavy (non-hydrogen) atoms. The van der Waals surface area contributed by atoms with Gasteiger partial charge in [0.05, 0.1) is 5.52 Å². The topological polar surface area (TPSA) is 38.7 Å².